The Balaban J connectivity index is 1.50. The van der Waals surface area contributed by atoms with E-state index >= 15 is 0 Å². The highest BCUT2D eigenvalue weighted by Crippen LogP contribution is 2.34. The highest BCUT2D eigenvalue weighted by Gasteiger charge is 2.27. The standard InChI is InChI=1S/C20H19ClN4O/c1-2-18-19(23-24-25(18)16-8-5-7-15(21)11-16)20(26)22-12-14-10-13-6-3-4-9-17(13)14/h3-9,11,14H,2,10,12H2,1H3,(H,22,26). The van der Waals surface area contributed by atoms with Crippen molar-refractivity contribution >= 4 is 17.5 Å². The molecule has 1 aliphatic rings. The number of carbonyl (C=O) groups is 1. The molecular formula is C20H19ClN4O. The highest BCUT2D eigenvalue weighted by atomic mass is 35.5. The van der Waals surface area contributed by atoms with Crippen LogP contribution in [0, 0.1) is 0 Å². The number of halogens is 1. The molecule has 0 aliphatic heterocycles. The van der Waals surface area contributed by atoms with Crippen LogP contribution in [0.5, 0.6) is 0 Å². The molecule has 4 rings (SSSR count). The molecule has 1 heterocycles. The molecule has 1 atom stereocenters. The van der Waals surface area contributed by atoms with E-state index in [1.54, 1.807) is 10.7 Å². The van der Waals surface area contributed by atoms with Gasteiger partial charge in [0.05, 0.1) is 11.4 Å². The summed E-state index contributed by atoms with van der Waals surface area (Å²) in [6, 6.07) is 15.7. The fourth-order valence-electron chi connectivity index (χ4n) is 3.45. The van der Waals surface area contributed by atoms with E-state index in [-0.39, 0.29) is 5.91 Å². The van der Waals surface area contributed by atoms with Crippen molar-refractivity contribution in [3.8, 4) is 5.69 Å². The topological polar surface area (TPSA) is 59.8 Å². The summed E-state index contributed by atoms with van der Waals surface area (Å²) in [7, 11) is 0. The SMILES string of the molecule is CCc1c(C(=O)NCC2Cc3ccccc32)nnn1-c1cccc(Cl)c1. The van der Waals surface area contributed by atoms with Gasteiger partial charge in [0.2, 0.25) is 0 Å². The first-order valence-corrected chi connectivity index (χ1v) is 9.11. The Morgan fingerprint density at radius 3 is 2.88 bits per heavy atom. The highest BCUT2D eigenvalue weighted by molar-refractivity contribution is 6.30. The number of hydrogen-bond donors (Lipinski definition) is 1. The molecule has 0 bridgehead atoms. The molecule has 6 heteroatoms. The predicted molar refractivity (Wildman–Crippen MR) is 101 cm³/mol. The summed E-state index contributed by atoms with van der Waals surface area (Å²) in [5.41, 5.74) is 4.65. The predicted octanol–water partition coefficient (Wildman–Crippen LogP) is 3.55. The van der Waals surface area contributed by atoms with Crippen LogP contribution in [0.1, 0.15) is 40.2 Å². The van der Waals surface area contributed by atoms with E-state index in [9.17, 15) is 4.79 Å². The normalized spacial score (nSPS) is 15.2. The van der Waals surface area contributed by atoms with Crippen molar-refractivity contribution in [2.45, 2.75) is 25.7 Å². The Bertz CT molecular complexity index is 966. The Hall–Kier alpha value is -2.66. The molecule has 1 unspecified atom stereocenters. The molecule has 0 saturated carbocycles. The lowest BCUT2D eigenvalue weighted by atomic mass is 9.77. The van der Waals surface area contributed by atoms with Crippen LogP contribution in [0.15, 0.2) is 48.5 Å². The van der Waals surface area contributed by atoms with Crippen LogP contribution in [-0.2, 0) is 12.8 Å². The zero-order valence-electron chi connectivity index (χ0n) is 14.4. The van der Waals surface area contributed by atoms with Gasteiger partial charge in [0.1, 0.15) is 0 Å². The number of nitrogens with zero attached hydrogens (tertiary/aromatic N) is 3. The molecule has 1 aromatic heterocycles. The lowest BCUT2D eigenvalue weighted by molar-refractivity contribution is 0.0944. The molecule has 1 amide bonds. The number of rotatable bonds is 5. The van der Waals surface area contributed by atoms with Gasteiger partial charge in [-0.3, -0.25) is 4.79 Å². The Kier molecular flexibility index (Phi) is 4.47. The van der Waals surface area contributed by atoms with Gasteiger partial charge in [-0.1, -0.05) is 54.1 Å². The van der Waals surface area contributed by atoms with Crippen molar-refractivity contribution in [1.29, 1.82) is 0 Å². The molecule has 3 aromatic rings. The van der Waals surface area contributed by atoms with Crippen LogP contribution < -0.4 is 5.32 Å². The molecule has 0 radical (unpaired) electrons. The van der Waals surface area contributed by atoms with Crippen LogP contribution in [0.4, 0.5) is 0 Å². The number of fused-ring (bicyclic) bond motifs is 1. The summed E-state index contributed by atoms with van der Waals surface area (Å²) in [6.07, 6.45) is 1.65. The minimum atomic E-state index is -0.181. The maximum Gasteiger partial charge on any atom is 0.273 e. The third-order valence-corrected chi connectivity index (χ3v) is 5.07. The van der Waals surface area contributed by atoms with Crippen LogP contribution in [-0.4, -0.2) is 27.4 Å². The molecule has 0 spiro atoms. The van der Waals surface area contributed by atoms with E-state index < -0.39 is 0 Å². The molecule has 5 nitrogen and oxygen atoms in total. The van der Waals surface area contributed by atoms with Crippen molar-refractivity contribution in [1.82, 2.24) is 20.3 Å². The van der Waals surface area contributed by atoms with Gasteiger partial charge in [-0.2, -0.15) is 0 Å². The van der Waals surface area contributed by atoms with E-state index in [0.29, 0.717) is 29.6 Å². The van der Waals surface area contributed by atoms with Gasteiger partial charge >= 0.3 is 0 Å². The summed E-state index contributed by atoms with van der Waals surface area (Å²) in [5, 5.41) is 11.9. The van der Waals surface area contributed by atoms with Gasteiger partial charge in [-0.15, -0.1) is 5.10 Å². The first kappa shape index (κ1) is 16.8. The fourth-order valence-corrected chi connectivity index (χ4v) is 3.64. The van der Waals surface area contributed by atoms with E-state index in [2.05, 4.69) is 33.8 Å². The fraction of sp³-hybridized carbons (Fsp3) is 0.250. The Morgan fingerprint density at radius 1 is 1.27 bits per heavy atom. The molecule has 2 aromatic carbocycles. The first-order valence-electron chi connectivity index (χ1n) is 8.74. The van der Waals surface area contributed by atoms with Gasteiger partial charge in [-0.25, -0.2) is 4.68 Å². The maximum atomic E-state index is 12.6. The van der Waals surface area contributed by atoms with Gasteiger partial charge in [0.15, 0.2) is 5.69 Å². The zero-order chi connectivity index (χ0) is 18.1. The van der Waals surface area contributed by atoms with Crippen LogP contribution in [0.25, 0.3) is 5.69 Å². The van der Waals surface area contributed by atoms with E-state index in [1.165, 1.54) is 11.1 Å². The number of benzene rings is 2. The largest absolute Gasteiger partial charge is 0.350 e. The summed E-state index contributed by atoms with van der Waals surface area (Å²) in [4.78, 5) is 12.6. The maximum absolute atomic E-state index is 12.6. The number of carbonyl (C=O) groups excluding carboxylic acids is 1. The second-order valence-corrected chi connectivity index (χ2v) is 6.88. The first-order chi connectivity index (χ1) is 12.7. The number of hydrogen-bond acceptors (Lipinski definition) is 3. The quantitative estimate of drug-likeness (QED) is 0.751. The molecule has 1 N–H and O–H groups in total. The summed E-state index contributed by atoms with van der Waals surface area (Å²) in [6.45, 7) is 2.60. The number of aromatic nitrogens is 3. The van der Waals surface area contributed by atoms with E-state index in [0.717, 1.165) is 17.8 Å². The van der Waals surface area contributed by atoms with Crippen molar-refractivity contribution < 1.29 is 4.79 Å². The minimum absolute atomic E-state index is 0.181. The van der Waals surface area contributed by atoms with Gasteiger partial charge in [0, 0.05) is 17.5 Å². The third kappa shape index (κ3) is 2.99. The van der Waals surface area contributed by atoms with Crippen molar-refractivity contribution in [3.05, 3.63) is 76.1 Å². The second-order valence-electron chi connectivity index (χ2n) is 6.44. The monoisotopic (exact) mass is 366 g/mol. The summed E-state index contributed by atoms with van der Waals surface area (Å²) < 4.78 is 1.68. The van der Waals surface area contributed by atoms with Crippen molar-refractivity contribution in [2.24, 2.45) is 0 Å². The van der Waals surface area contributed by atoms with Crippen molar-refractivity contribution in [3.63, 3.8) is 0 Å². The van der Waals surface area contributed by atoms with Gasteiger partial charge < -0.3 is 5.32 Å². The molecule has 0 saturated heterocycles. The lowest BCUT2D eigenvalue weighted by Gasteiger charge is -2.30. The minimum Gasteiger partial charge on any atom is -0.350 e. The van der Waals surface area contributed by atoms with E-state index in [1.807, 2.05) is 31.2 Å². The zero-order valence-corrected chi connectivity index (χ0v) is 15.2. The molecule has 0 fully saturated rings. The smallest absolute Gasteiger partial charge is 0.273 e. The number of amides is 1. The summed E-state index contributed by atoms with van der Waals surface area (Å²) >= 11 is 6.07. The molecule has 1 aliphatic carbocycles. The van der Waals surface area contributed by atoms with Crippen LogP contribution in [0.2, 0.25) is 5.02 Å². The summed E-state index contributed by atoms with van der Waals surface area (Å²) in [5.74, 6) is 0.197. The van der Waals surface area contributed by atoms with Crippen LogP contribution in [0.3, 0.4) is 0 Å². The van der Waals surface area contributed by atoms with Gasteiger partial charge in [-0.05, 0) is 42.2 Å². The molecular weight excluding hydrogens is 348 g/mol. The Labute approximate surface area is 157 Å². The number of nitrogens with one attached hydrogen (secondary N) is 1. The van der Waals surface area contributed by atoms with Crippen molar-refractivity contribution in [2.75, 3.05) is 6.54 Å². The third-order valence-electron chi connectivity index (χ3n) is 4.84. The van der Waals surface area contributed by atoms with Crippen LogP contribution >= 0.6 is 11.6 Å². The average molecular weight is 367 g/mol. The average Bonchev–Trinajstić information content (AvgIpc) is 3.06. The molecule has 132 valence electrons. The van der Waals surface area contributed by atoms with E-state index in [4.69, 9.17) is 11.6 Å². The molecule has 26 heavy (non-hydrogen) atoms. The lowest BCUT2D eigenvalue weighted by Crippen LogP contribution is -2.33. The Morgan fingerprint density at radius 2 is 2.12 bits per heavy atom. The second kappa shape index (κ2) is 6.92. The van der Waals surface area contributed by atoms with Gasteiger partial charge in [0.25, 0.3) is 5.91 Å².